The number of esters is 2. The third-order valence-corrected chi connectivity index (χ3v) is 8.99. The molecular formula is C34H37BrN2O5. The van der Waals surface area contributed by atoms with Crippen molar-refractivity contribution >= 4 is 38.8 Å². The molecule has 1 N–H and O–H groups in total. The van der Waals surface area contributed by atoms with E-state index in [1.807, 2.05) is 68.4 Å². The van der Waals surface area contributed by atoms with Gasteiger partial charge in [-0.2, -0.15) is 0 Å². The molecule has 8 heteroatoms. The number of rotatable bonds is 9. The Kier molecular flexibility index (Phi) is 9.04. The highest BCUT2D eigenvalue weighted by atomic mass is 79.9. The van der Waals surface area contributed by atoms with Gasteiger partial charge in [0.15, 0.2) is 0 Å². The van der Waals surface area contributed by atoms with Gasteiger partial charge in [-0.1, -0.05) is 60.7 Å². The van der Waals surface area contributed by atoms with Gasteiger partial charge in [-0.15, -0.1) is 0 Å². The van der Waals surface area contributed by atoms with Crippen molar-refractivity contribution in [3.05, 3.63) is 99.2 Å². The summed E-state index contributed by atoms with van der Waals surface area (Å²) < 4.78 is 13.7. The second kappa shape index (κ2) is 12.7. The van der Waals surface area contributed by atoms with E-state index in [1.165, 1.54) is 0 Å². The molecule has 1 aromatic heterocycles. The van der Waals surface area contributed by atoms with Crippen molar-refractivity contribution < 1.29 is 24.2 Å². The van der Waals surface area contributed by atoms with E-state index in [0.29, 0.717) is 66.6 Å². The number of aromatic nitrogens is 1. The van der Waals surface area contributed by atoms with Crippen LogP contribution in [0.3, 0.4) is 0 Å². The number of nitrogens with zero attached hydrogens (tertiary/aromatic N) is 2. The second-order valence-corrected chi connectivity index (χ2v) is 11.6. The first-order chi connectivity index (χ1) is 20.3. The lowest BCUT2D eigenvalue weighted by Gasteiger charge is -2.40. The number of carbonyl (C=O) groups excluding carboxylic acids is 2. The molecule has 0 atom stereocenters. The second-order valence-electron chi connectivity index (χ2n) is 10.8. The zero-order chi connectivity index (χ0) is 29.9. The van der Waals surface area contributed by atoms with Gasteiger partial charge in [0.2, 0.25) is 0 Å². The van der Waals surface area contributed by atoms with Crippen LogP contribution in [0.5, 0.6) is 5.75 Å². The minimum Gasteiger partial charge on any atom is -0.506 e. The highest BCUT2D eigenvalue weighted by Gasteiger charge is 2.44. The predicted octanol–water partition coefficient (Wildman–Crippen LogP) is 6.74. The van der Waals surface area contributed by atoms with Crippen LogP contribution in [-0.4, -0.2) is 52.8 Å². The molecule has 220 valence electrons. The van der Waals surface area contributed by atoms with E-state index in [1.54, 1.807) is 6.92 Å². The van der Waals surface area contributed by atoms with Crippen LogP contribution >= 0.6 is 15.9 Å². The summed E-state index contributed by atoms with van der Waals surface area (Å²) >= 11 is 3.58. The number of piperidine rings is 1. The minimum atomic E-state index is -0.714. The van der Waals surface area contributed by atoms with Gasteiger partial charge in [0.25, 0.3) is 0 Å². The highest BCUT2D eigenvalue weighted by Crippen LogP contribution is 2.42. The Balaban J connectivity index is 1.54. The molecule has 2 heterocycles. The molecule has 42 heavy (non-hydrogen) atoms. The van der Waals surface area contributed by atoms with Crippen molar-refractivity contribution in [2.24, 2.45) is 0 Å². The van der Waals surface area contributed by atoms with E-state index >= 15 is 0 Å². The topological polar surface area (TPSA) is 81.0 Å². The number of likely N-dealkylation sites (tertiary alicyclic amines) is 1. The molecule has 1 fully saturated rings. The fourth-order valence-electron chi connectivity index (χ4n) is 6.20. The Bertz CT molecular complexity index is 1570. The maximum atomic E-state index is 13.4. The van der Waals surface area contributed by atoms with E-state index < -0.39 is 11.4 Å². The summed E-state index contributed by atoms with van der Waals surface area (Å²) in [5.74, 6) is -0.490. The van der Waals surface area contributed by atoms with Crippen molar-refractivity contribution in [2.75, 3.05) is 26.3 Å². The number of phenolic OH excluding ortho intramolecular Hbond substituents is 1. The van der Waals surface area contributed by atoms with Crippen LogP contribution in [-0.2, 0) is 32.8 Å². The van der Waals surface area contributed by atoms with Crippen molar-refractivity contribution in [3.63, 3.8) is 0 Å². The molecule has 5 rings (SSSR count). The Morgan fingerprint density at radius 1 is 0.929 bits per heavy atom. The average molecular weight is 634 g/mol. The SMILES string of the molecule is CCOC(=O)c1c(C)n(Cc2ccccc2)c2cc(Br)c(O)c(CN3CCC(C(=O)OCC)(c4ccccc4)CC3)c12. The molecular weight excluding hydrogens is 596 g/mol. The van der Waals surface area contributed by atoms with Crippen LogP contribution < -0.4 is 0 Å². The number of ether oxygens (including phenoxy) is 2. The molecule has 0 saturated carbocycles. The Morgan fingerprint density at radius 2 is 1.55 bits per heavy atom. The van der Waals surface area contributed by atoms with Gasteiger partial charge < -0.3 is 19.1 Å². The van der Waals surface area contributed by atoms with Crippen molar-refractivity contribution in [3.8, 4) is 5.75 Å². The largest absolute Gasteiger partial charge is 0.506 e. The molecule has 0 bridgehead atoms. The van der Waals surface area contributed by atoms with Crippen LogP contribution in [0, 0.1) is 6.92 Å². The summed E-state index contributed by atoms with van der Waals surface area (Å²) in [6.07, 6.45) is 1.18. The predicted molar refractivity (Wildman–Crippen MR) is 167 cm³/mol. The Labute approximate surface area is 255 Å². The number of phenols is 1. The van der Waals surface area contributed by atoms with E-state index in [0.717, 1.165) is 22.3 Å². The quantitative estimate of drug-likeness (QED) is 0.206. The van der Waals surface area contributed by atoms with Crippen molar-refractivity contribution in [2.45, 2.75) is 52.1 Å². The molecule has 7 nitrogen and oxygen atoms in total. The maximum absolute atomic E-state index is 13.4. The van der Waals surface area contributed by atoms with Crippen LogP contribution in [0.4, 0.5) is 0 Å². The van der Waals surface area contributed by atoms with Gasteiger partial charge in [0.1, 0.15) is 5.75 Å². The number of hydrogen-bond acceptors (Lipinski definition) is 6. The van der Waals surface area contributed by atoms with Gasteiger partial charge in [-0.05, 0) is 79.8 Å². The lowest BCUT2D eigenvalue weighted by atomic mass is 9.72. The molecule has 1 saturated heterocycles. The molecule has 0 spiro atoms. The fourth-order valence-corrected chi connectivity index (χ4v) is 6.65. The fraction of sp³-hybridized carbons (Fsp3) is 0.353. The Morgan fingerprint density at radius 3 is 2.17 bits per heavy atom. The standard InChI is InChI=1S/C34H37BrN2O5/c1-4-41-32(39)29-23(3)37(21-24-12-8-6-9-13-24)28-20-27(35)31(38)26(30(28)29)22-36-18-16-34(17-19-36,33(40)42-5-2)25-14-10-7-11-15-25/h6-15,20,38H,4-5,16-19,21-22H2,1-3H3. The van der Waals surface area contributed by atoms with Gasteiger partial charge in [-0.3, -0.25) is 9.69 Å². The molecule has 0 radical (unpaired) electrons. The molecule has 3 aromatic carbocycles. The summed E-state index contributed by atoms with van der Waals surface area (Å²) in [4.78, 5) is 28.9. The lowest BCUT2D eigenvalue weighted by molar-refractivity contribution is -0.152. The normalized spacial score (nSPS) is 15.0. The van der Waals surface area contributed by atoms with E-state index in [2.05, 4.69) is 37.5 Å². The first-order valence-electron chi connectivity index (χ1n) is 14.5. The van der Waals surface area contributed by atoms with Crippen LogP contribution in [0.15, 0.2) is 71.2 Å². The first-order valence-corrected chi connectivity index (χ1v) is 15.3. The van der Waals surface area contributed by atoms with Crippen molar-refractivity contribution in [1.82, 2.24) is 9.47 Å². The first kappa shape index (κ1) is 29.9. The minimum absolute atomic E-state index is 0.107. The third-order valence-electron chi connectivity index (χ3n) is 8.39. The number of fused-ring (bicyclic) bond motifs is 1. The zero-order valence-electron chi connectivity index (χ0n) is 24.4. The number of aromatic hydroxyl groups is 1. The van der Waals surface area contributed by atoms with E-state index in [-0.39, 0.29) is 18.3 Å². The number of benzene rings is 3. The summed E-state index contributed by atoms with van der Waals surface area (Å²) in [5, 5.41) is 12.1. The van der Waals surface area contributed by atoms with Crippen LogP contribution in [0.25, 0.3) is 10.9 Å². The highest BCUT2D eigenvalue weighted by molar-refractivity contribution is 9.10. The van der Waals surface area contributed by atoms with Gasteiger partial charge >= 0.3 is 11.9 Å². The monoisotopic (exact) mass is 632 g/mol. The maximum Gasteiger partial charge on any atom is 0.340 e. The van der Waals surface area contributed by atoms with E-state index in [9.17, 15) is 14.7 Å². The van der Waals surface area contributed by atoms with Crippen molar-refractivity contribution in [1.29, 1.82) is 0 Å². The molecule has 1 aliphatic rings. The van der Waals surface area contributed by atoms with Gasteiger partial charge in [0, 0.05) is 29.7 Å². The summed E-state index contributed by atoms with van der Waals surface area (Å²) in [7, 11) is 0. The summed E-state index contributed by atoms with van der Waals surface area (Å²) in [6.45, 7) is 8.37. The number of carbonyl (C=O) groups is 2. The number of halogens is 1. The van der Waals surface area contributed by atoms with Gasteiger partial charge in [-0.25, -0.2) is 4.79 Å². The zero-order valence-corrected chi connectivity index (χ0v) is 25.9. The Hall–Kier alpha value is -3.62. The average Bonchev–Trinajstić information content (AvgIpc) is 3.27. The smallest absolute Gasteiger partial charge is 0.340 e. The molecule has 0 amide bonds. The van der Waals surface area contributed by atoms with Crippen LogP contribution in [0.1, 0.15) is 59.4 Å². The summed E-state index contributed by atoms with van der Waals surface area (Å²) in [6, 6.07) is 21.8. The summed E-state index contributed by atoms with van der Waals surface area (Å²) in [5.41, 5.74) is 4.13. The molecule has 0 aliphatic carbocycles. The third kappa shape index (κ3) is 5.57. The van der Waals surface area contributed by atoms with E-state index in [4.69, 9.17) is 9.47 Å². The number of hydrogen-bond donors (Lipinski definition) is 1. The molecule has 4 aromatic rings. The van der Waals surface area contributed by atoms with Gasteiger partial charge in [0.05, 0.1) is 34.2 Å². The molecule has 0 unspecified atom stereocenters. The molecule has 1 aliphatic heterocycles. The van der Waals surface area contributed by atoms with Crippen LogP contribution in [0.2, 0.25) is 0 Å². The lowest BCUT2D eigenvalue weighted by Crippen LogP contribution is -2.47.